The molecule has 5 nitrogen and oxygen atoms in total. The van der Waals surface area contributed by atoms with E-state index in [0.717, 1.165) is 0 Å². The average molecular weight is 249 g/mol. The highest BCUT2D eigenvalue weighted by Gasteiger charge is 2.10. The van der Waals surface area contributed by atoms with Gasteiger partial charge in [-0.3, -0.25) is 4.79 Å². The van der Waals surface area contributed by atoms with Crippen molar-refractivity contribution in [3.05, 3.63) is 47.6 Å². The molecule has 0 aliphatic rings. The number of carbonyl (C=O) groups excluding carboxylic acids is 1. The lowest BCUT2D eigenvalue weighted by Gasteiger charge is -2.04. The standard InChI is InChI=1S/C12H12FN3O2/c13-9-4-2-1-3-8(9)5-6-15-11(17)10-7-18-12(14)16-10/h1-4,7H,5-6H2,(H2,14,16)(H,15,17). The van der Waals surface area contributed by atoms with Crippen LogP contribution in [0.2, 0.25) is 0 Å². The summed E-state index contributed by atoms with van der Waals surface area (Å²) in [6, 6.07) is 6.37. The van der Waals surface area contributed by atoms with Crippen LogP contribution < -0.4 is 11.1 Å². The molecule has 0 saturated carbocycles. The molecule has 6 heteroatoms. The number of nitrogens with zero attached hydrogens (tertiary/aromatic N) is 1. The number of carbonyl (C=O) groups is 1. The molecule has 2 aromatic rings. The van der Waals surface area contributed by atoms with Crippen molar-refractivity contribution in [3.63, 3.8) is 0 Å². The maximum Gasteiger partial charge on any atom is 0.292 e. The van der Waals surface area contributed by atoms with Gasteiger partial charge in [-0.25, -0.2) is 4.39 Å². The van der Waals surface area contributed by atoms with Gasteiger partial charge >= 0.3 is 0 Å². The number of hydrogen-bond donors (Lipinski definition) is 2. The first kappa shape index (κ1) is 12.1. The minimum absolute atomic E-state index is 0.0609. The molecule has 0 saturated heterocycles. The SMILES string of the molecule is Nc1nc(C(=O)NCCc2ccccc2F)co1. The van der Waals surface area contributed by atoms with Crippen LogP contribution in [0, 0.1) is 5.82 Å². The molecule has 0 aliphatic heterocycles. The van der Waals surface area contributed by atoms with Crippen molar-refractivity contribution >= 4 is 11.9 Å². The summed E-state index contributed by atoms with van der Waals surface area (Å²) in [5.41, 5.74) is 5.91. The van der Waals surface area contributed by atoms with Gasteiger partial charge in [0.2, 0.25) is 0 Å². The van der Waals surface area contributed by atoms with Crippen molar-refractivity contribution < 1.29 is 13.6 Å². The molecule has 1 aromatic heterocycles. The lowest BCUT2D eigenvalue weighted by atomic mass is 10.1. The van der Waals surface area contributed by atoms with Crippen molar-refractivity contribution in [2.45, 2.75) is 6.42 Å². The minimum atomic E-state index is -0.396. The number of nitrogens with two attached hydrogens (primary N) is 1. The number of nitrogen functional groups attached to an aromatic ring is 1. The molecular weight excluding hydrogens is 237 g/mol. The van der Waals surface area contributed by atoms with Gasteiger partial charge < -0.3 is 15.5 Å². The van der Waals surface area contributed by atoms with Crippen molar-refractivity contribution in [3.8, 4) is 0 Å². The quantitative estimate of drug-likeness (QED) is 0.857. The number of anilines is 1. The second-order valence-electron chi connectivity index (χ2n) is 3.67. The molecule has 0 spiro atoms. The maximum absolute atomic E-state index is 13.3. The summed E-state index contributed by atoms with van der Waals surface area (Å²) in [5, 5.41) is 2.60. The Morgan fingerprint density at radius 3 is 2.89 bits per heavy atom. The van der Waals surface area contributed by atoms with E-state index >= 15 is 0 Å². The number of hydrogen-bond acceptors (Lipinski definition) is 4. The van der Waals surface area contributed by atoms with Crippen LogP contribution >= 0.6 is 0 Å². The molecule has 18 heavy (non-hydrogen) atoms. The third-order valence-electron chi connectivity index (χ3n) is 2.39. The van der Waals surface area contributed by atoms with E-state index in [9.17, 15) is 9.18 Å². The Morgan fingerprint density at radius 1 is 1.44 bits per heavy atom. The number of amides is 1. The van der Waals surface area contributed by atoms with E-state index in [1.165, 1.54) is 12.3 Å². The van der Waals surface area contributed by atoms with Gasteiger partial charge in [-0.15, -0.1) is 0 Å². The number of rotatable bonds is 4. The van der Waals surface area contributed by atoms with Gasteiger partial charge in [0.05, 0.1) is 0 Å². The van der Waals surface area contributed by atoms with Crippen LogP contribution in [0.1, 0.15) is 16.1 Å². The molecule has 2 rings (SSSR count). The van der Waals surface area contributed by atoms with Crippen LogP contribution in [0.5, 0.6) is 0 Å². The Morgan fingerprint density at radius 2 is 2.22 bits per heavy atom. The molecule has 1 amide bonds. The molecule has 1 heterocycles. The summed E-state index contributed by atoms with van der Waals surface area (Å²) in [7, 11) is 0. The molecule has 0 aliphatic carbocycles. The predicted molar refractivity (Wildman–Crippen MR) is 63.4 cm³/mol. The van der Waals surface area contributed by atoms with Gasteiger partial charge in [-0.05, 0) is 18.1 Å². The molecule has 0 bridgehead atoms. The highest BCUT2D eigenvalue weighted by Crippen LogP contribution is 2.06. The number of nitrogens with one attached hydrogen (secondary N) is 1. The second kappa shape index (κ2) is 5.31. The fourth-order valence-electron chi connectivity index (χ4n) is 1.49. The highest BCUT2D eigenvalue weighted by molar-refractivity contribution is 5.92. The number of benzene rings is 1. The molecule has 0 unspecified atom stereocenters. The summed E-state index contributed by atoms with van der Waals surface area (Å²) in [4.78, 5) is 15.2. The van der Waals surface area contributed by atoms with Crippen molar-refractivity contribution in [1.82, 2.24) is 10.3 Å². The van der Waals surface area contributed by atoms with Crippen LogP contribution in [0.4, 0.5) is 10.4 Å². The first-order chi connectivity index (χ1) is 8.66. The van der Waals surface area contributed by atoms with Crippen LogP contribution in [0.25, 0.3) is 0 Å². The van der Waals surface area contributed by atoms with Crippen molar-refractivity contribution in [1.29, 1.82) is 0 Å². The zero-order valence-corrected chi connectivity index (χ0v) is 9.52. The summed E-state index contributed by atoms with van der Waals surface area (Å²) in [6.07, 6.45) is 1.58. The summed E-state index contributed by atoms with van der Waals surface area (Å²) in [6.45, 7) is 0.312. The van der Waals surface area contributed by atoms with Gasteiger partial charge in [-0.1, -0.05) is 18.2 Å². The molecule has 94 valence electrons. The van der Waals surface area contributed by atoms with Gasteiger partial charge in [0.1, 0.15) is 12.1 Å². The Hall–Kier alpha value is -2.37. The fraction of sp³-hybridized carbons (Fsp3) is 0.167. The molecule has 0 radical (unpaired) electrons. The van der Waals surface area contributed by atoms with Crippen LogP contribution in [0.15, 0.2) is 34.9 Å². The maximum atomic E-state index is 13.3. The van der Waals surface area contributed by atoms with E-state index in [-0.39, 0.29) is 17.5 Å². The molecule has 1 aromatic carbocycles. The Balaban J connectivity index is 1.86. The summed E-state index contributed by atoms with van der Waals surface area (Å²) >= 11 is 0. The number of oxazole rings is 1. The van der Waals surface area contributed by atoms with E-state index in [0.29, 0.717) is 18.5 Å². The minimum Gasteiger partial charge on any atom is -0.431 e. The summed E-state index contributed by atoms with van der Waals surface area (Å²) < 4.78 is 18.0. The zero-order valence-electron chi connectivity index (χ0n) is 9.52. The lowest BCUT2D eigenvalue weighted by Crippen LogP contribution is -2.26. The molecule has 0 fully saturated rings. The van der Waals surface area contributed by atoms with E-state index in [2.05, 4.69) is 10.3 Å². The first-order valence-electron chi connectivity index (χ1n) is 5.39. The Bertz CT molecular complexity index is 554. The van der Waals surface area contributed by atoms with Crippen LogP contribution in [0.3, 0.4) is 0 Å². The number of aromatic nitrogens is 1. The highest BCUT2D eigenvalue weighted by atomic mass is 19.1. The van der Waals surface area contributed by atoms with E-state index in [1.807, 2.05) is 0 Å². The second-order valence-corrected chi connectivity index (χ2v) is 3.67. The van der Waals surface area contributed by atoms with Crippen molar-refractivity contribution in [2.75, 3.05) is 12.3 Å². The zero-order chi connectivity index (χ0) is 13.0. The van der Waals surface area contributed by atoms with E-state index in [4.69, 9.17) is 10.2 Å². The van der Waals surface area contributed by atoms with E-state index in [1.54, 1.807) is 18.2 Å². The van der Waals surface area contributed by atoms with Gasteiger partial charge in [0.15, 0.2) is 5.69 Å². The van der Waals surface area contributed by atoms with E-state index < -0.39 is 5.91 Å². The molecule has 3 N–H and O–H groups in total. The van der Waals surface area contributed by atoms with Crippen molar-refractivity contribution in [2.24, 2.45) is 0 Å². The lowest BCUT2D eigenvalue weighted by molar-refractivity contribution is 0.0949. The Labute approximate surface area is 103 Å². The fourth-order valence-corrected chi connectivity index (χ4v) is 1.49. The van der Waals surface area contributed by atoms with Gasteiger partial charge in [0, 0.05) is 6.54 Å². The van der Waals surface area contributed by atoms with Gasteiger partial charge in [-0.2, -0.15) is 4.98 Å². The van der Waals surface area contributed by atoms with Crippen LogP contribution in [-0.2, 0) is 6.42 Å². The van der Waals surface area contributed by atoms with Crippen LogP contribution in [-0.4, -0.2) is 17.4 Å². The first-order valence-corrected chi connectivity index (χ1v) is 5.39. The largest absolute Gasteiger partial charge is 0.431 e. The molecule has 0 atom stereocenters. The summed E-state index contributed by atoms with van der Waals surface area (Å²) in [5.74, 6) is -0.677. The monoisotopic (exact) mass is 249 g/mol. The topological polar surface area (TPSA) is 81.1 Å². The molecular formula is C12H12FN3O2. The smallest absolute Gasteiger partial charge is 0.292 e. The predicted octanol–water partition coefficient (Wildman–Crippen LogP) is 1.37. The third-order valence-corrected chi connectivity index (χ3v) is 2.39. The Kier molecular flexibility index (Phi) is 3.57. The number of halogens is 1. The van der Waals surface area contributed by atoms with Gasteiger partial charge in [0.25, 0.3) is 11.9 Å². The third kappa shape index (κ3) is 2.85. The normalized spacial score (nSPS) is 10.3. The average Bonchev–Trinajstić information content (AvgIpc) is 2.78.